The lowest BCUT2D eigenvalue weighted by molar-refractivity contribution is 0.627. The molecule has 5 aromatic rings. The Hall–Kier alpha value is -2.75. The largest absolute Gasteiger partial charge is 0.207 e. The quantitative estimate of drug-likeness (QED) is 0.229. The van der Waals surface area contributed by atoms with Crippen LogP contribution in [0.25, 0.3) is 21.5 Å². The van der Waals surface area contributed by atoms with E-state index in [1.54, 1.807) is 12.1 Å². The van der Waals surface area contributed by atoms with Gasteiger partial charge >= 0.3 is 0 Å². The first-order chi connectivity index (χ1) is 17.2. The summed E-state index contributed by atoms with van der Waals surface area (Å²) in [7, 11) is 0. The Bertz CT molecular complexity index is 1560. The molecule has 0 radical (unpaired) electrons. The molecule has 0 aliphatic carbocycles. The fourth-order valence-corrected chi connectivity index (χ4v) is 8.50. The van der Waals surface area contributed by atoms with E-state index >= 15 is 0 Å². The number of fused-ring (bicyclic) bond motifs is 6. The molecule has 0 saturated carbocycles. The first-order valence-electron chi connectivity index (χ1n) is 12.4. The van der Waals surface area contributed by atoms with E-state index in [0.717, 1.165) is 12.8 Å². The van der Waals surface area contributed by atoms with Gasteiger partial charge in [0.2, 0.25) is 0 Å². The van der Waals surface area contributed by atoms with Crippen LogP contribution in [-0.4, -0.2) is 5.25 Å². The van der Waals surface area contributed by atoms with Gasteiger partial charge in [0.05, 0.1) is 0 Å². The molecule has 2 aliphatic rings. The second-order valence-electron chi connectivity index (χ2n) is 9.73. The molecule has 5 aromatic carbocycles. The maximum Gasteiger partial charge on any atom is 0.123 e. The van der Waals surface area contributed by atoms with Crippen molar-refractivity contribution >= 4 is 45.1 Å². The van der Waals surface area contributed by atoms with Gasteiger partial charge in [-0.1, -0.05) is 66.7 Å². The van der Waals surface area contributed by atoms with Crippen LogP contribution in [-0.2, 0) is 19.3 Å². The van der Waals surface area contributed by atoms with Crippen LogP contribution in [0.4, 0.5) is 4.39 Å². The van der Waals surface area contributed by atoms with Gasteiger partial charge in [-0.15, -0.1) is 23.5 Å². The van der Waals surface area contributed by atoms with Crippen LogP contribution >= 0.6 is 23.5 Å². The van der Waals surface area contributed by atoms with Crippen LogP contribution < -0.4 is 0 Å². The monoisotopic (exact) mass is 492 g/mol. The van der Waals surface area contributed by atoms with E-state index in [1.807, 2.05) is 23.9 Å². The Morgan fingerprint density at radius 3 is 2.06 bits per heavy atom. The van der Waals surface area contributed by atoms with Gasteiger partial charge in [0.15, 0.2) is 0 Å². The summed E-state index contributed by atoms with van der Waals surface area (Å²) in [5.74, 6) is -0.168. The van der Waals surface area contributed by atoms with E-state index in [-0.39, 0.29) is 5.82 Å². The molecule has 172 valence electrons. The van der Waals surface area contributed by atoms with Gasteiger partial charge in [0.1, 0.15) is 5.82 Å². The molecule has 2 unspecified atom stereocenters. The zero-order chi connectivity index (χ0) is 23.4. The summed E-state index contributed by atoms with van der Waals surface area (Å²) in [6.45, 7) is 0. The summed E-state index contributed by atoms with van der Waals surface area (Å²) >= 11 is 4.02. The van der Waals surface area contributed by atoms with E-state index < -0.39 is 0 Å². The van der Waals surface area contributed by atoms with Gasteiger partial charge in [0, 0.05) is 20.3 Å². The van der Waals surface area contributed by atoms with Crippen molar-refractivity contribution in [3.63, 3.8) is 0 Å². The Morgan fingerprint density at radius 1 is 0.686 bits per heavy atom. The summed E-state index contributed by atoms with van der Waals surface area (Å²) in [6, 6.07) is 32.0. The molecule has 2 atom stereocenters. The fourth-order valence-electron chi connectivity index (χ4n) is 5.61. The zero-order valence-electron chi connectivity index (χ0n) is 19.3. The minimum atomic E-state index is -0.168. The number of aryl methyl sites for hydroxylation is 1. The standard InChI is InChI=1S/C32H25FS2/c33-26-13-11-21(12-14-26)30-19-25-10-8-23-17-28-22(18-29(23)32(25)35-30)7-9-24-16-27(34-31(24)28)15-6-20-4-2-1-3-5-20/h1-5,7-14,17-18,27,30H,6,15-16,19H2. The molecule has 7 rings (SSSR count). The fraction of sp³-hybridized carbons (Fsp3) is 0.188. The Balaban J connectivity index is 1.19. The molecular weight excluding hydrogens is 467 g/mol. The highest BCUT2D eigenvalue weighted by Crippen LogP contribution is 2.51. The number of thioether (sulfide) groups is 2. The summed E-state index contributed by atoms with van der Waals surface area (Å²) in [5, 5.41) is 6.43. The molecule has 0 amide bonds. The van der Waals surface area contributed by atoms with Crippen molar-refractivity contribution in [3.05, 3.63) is 119 Å². The van der Waals surface area contributed by atoms with Crippen LogP contribution in [0.5, 0.6) is 0 Å². The zero-order valence-corrected chi connectivity index (χ0v) is 21.0. The highest BCUT2D eigenvalue weighted by atomic mass is 32.2. The van der Waals surface area contributed by atoms with Crippen LogP contribution in [0.15, 0.2) is 101 Å². The predicted molar refractivity (Wildman–Crippen MR) is 148 cm³/mol. The van der Waals surface area contributed by atoms with Gasteiger partial charge in [-0.2, -0.15) is 0 Å². The second-order valence-corrected chi connectivity index (χ2v) is 12.3. The number of hydrogen-bond acceptors (Lipinski definition) is 2. The van der Waals surface area contributed by atoms with Crippen molar-refractivity contribution < 1.29 is 4.39 Å². The Labute approximate surface area is 213 Å². The third-order valence-electron chi connectivity index (χ3n) is 7.46. The lowest BCUT2D eigenvalue weighted by Crippen LogP contribution is -2.02. The number of hydrogen-bond donors (Lipinski definition) is 0. The lowest BCUT2D eigenvalue weighted by atomic mass is 9.96. The highest BCUT2D eigenvalue weighted by Gasteiger charge is 2.27. The molecule has 2 heterocycles. The van der Waals surface area contributed by atoms with Gasteiger partial charge in [-0.3, -0.25) is 0 Å². The van der Waals surface area contributed by atoms with Crippen molar-refractivity contribution in [1.29, 1.82) is 0 Å². The predicted octanol–water partition coefficient (Wildman–Crippen LogP) is 9.17. The minimum absolute atomic E-state index is 0.168. The van der Waals surface area contributed by atoms with Crippen molar-refractivity contribution in [2.24, 2.45) is 0 Å². The average Bonchev–Trinajstić information content (AvgIpc) is 3.52. The molecule has 0 nitrogen and oxygen atoms in total. The maximum absolute atomic E-state index is 13.4. The molecule has 0 spiro atoms. The van der Waals surface area contributed by atoms with Crippen LogP contribution in [0.1, 0.15) is 33.9 Å². The smallest absolute Gasteiger partial charge is 0.123 e. The van der Waals surface area contributed by atoms with E-state index in [1.165, 1.54) is 66.4 Å². The van der Waals surface area contributed by atoms with E-state index in [0.29, 0.717) is 10.5 Å². The third kappa shape index (κ3) is 3.95. The first-order valence-corrected chi connectivity index (χ1v) is 14.1. The second kappa shape index (κ2) is 8.72. The molecular formula is C32H25FS2. The number of halogens is 1. The van der Waals surface area contributed by atoms with Crippen molar-refractivity contribution in [3.8, 4) is 0 Å². The number of rotatable bonds is 4. The van der Waals surface area contributed by atoms with Crippen molar-refractivity contribution in [2.45, 2.75) is 46.0 Å². The van der Waals surface area contributed by atoms with Gasteiger partial charge in [-0.25, -0.2) is 4.39 Å². The summed E-state index contributed by atoms with van der Waals surface area (Å²) in [5.41, 5.74) is 5.56. The van der Waals surface area contributed by atoms with Gasteiger partial charge in [-0.05, 0) is 93.7 Å². The van der Waals surface area contributed by atoms with E-state index in [4.69, 9.17) is 0 Å². The third-order valence-corrected chi connectivity index (χ3v) is 10.4. The first kappa shape index (κ1) is 21.5. The van der Waals surface area contributed by atoms with Crippen LogP contribution in [0.2, 0.25) is 0 Å². The molecule has 3 heteroatoms. The SMILES string of the molecule is Fc1ccc(C2Cc3ccc4cc5c6c(ccc5cc4c3S2)CC(CCc2ccccc2)S6)cc1. The number of benzene rings is 5. The maximum atomic E-state index is 13.4. The van der Waals surface area contributed by atoms with Crippen molar-refractivity contribution in [2.75, 3.05) is 0 Å². The minimum Gasteiger partial charge on any atom is -0.207 e. The normalized spacial score (nSPS) is 18.8. The molecule has 0 bridgehead atoms. The van der Waals surface area contributed by atoms with Gasteiger partial charge < -0.3 is 0 Å². The van der Waals surface area contributed by atoms with E-state index in [2.05, 4.69) is 78.5 Å². The summed E-state index contributed by atoms with van der Waals surface area (Å²) in [6.07, 6.45) is 4.53. The van der Waals surface area contributed by atoms with E-state index in [9.17, 15) is 4.39 Å². The Morgan fingerprint density at radius 2 is 1.34 bits per heavy atom. The summed E-state index contributed by atoms with van der Waals surface area (Å²) < 4.78 is 13.4. The van der Waals surface area contributed by atoms with Crippen LogP contribution in [0.3, 0.4) is 0 Å². The molecule has 0 N–H and O–H groups in total. The van der Waals surface area contributed by atoms with Crippen LogP contribution in [0, 0.1) is 5.82 Å². The molecule has 2 aliphatic heterocycles. The summed E-state index contributed by atoms with van der Waals surface area (Å²) in [4.78, 5) is 2.88. The highest BCUT2D eigenvalue weighted by molar-refractivity contribution is 8.00. The Kier molecular flexibility index (Phi) is 5.37. The molecule has 35 heavy (non-hydrogen) atoms. The molecule has 0 aromatic heterocycles. The molecule has 0 saturated heterocycles. The topological polar surface area (TPSA) is 0 Å². The molecule has 0 fully saturated rings. The average molecular weight is 493 g/mol. The lowest BCUT2D eigenvalue weighted by Gasteiger charge is -2.11. The van der Waals surface area contributed by atoms with Gasteiger partial charge in [0.25, 0.3) is 0 Å². The van der Waals surface area contributed by atoms with Crippen molar-refractivity contribution in [1.82, 2.24) is 0 Å².